The van der Waals surface area contributed by atoms with E-state index in [1.54, 1.807) is 6.08 Å². The summed E-state index contributed by atoms with van der Waals surface area (Å²) in [5, 5.41) is 0. The number of hydrogen-bond acceptors (Lipinski definition) is 3. The van der Waals surface area contributed by atoms with E-state index in [0.29, 0.717) is 30.3 Å². The fraction of sp³-hybridized carbons (Fsp3) is 0.235. The van der Waals surface area contributed by atoms with Gasteiger partial charge >= 0.3 is 6.11 Å². The number of rotatable bonds is 10. The molecule has 1 aliphatic heterocycles. The van der Waals surface area contributed by atoms with Gasteiger partial charge in [0.05, 0.1) is 13.2 Å². The lowest BCUT2D eigenvalue weighted by Gasteiger charge is -2.30. The van der Waals surface area contributed by atoms with Crippen molar-refractivity contribution in [3.63, 3.8) is 0 Å². The van der Waals surface area contributed by atoms with Gasteiger partial charge < -0.3 is 14.2 Å². The minimum Gasteiger partial charge on any atom is -0.429 e. The van der Waals surface area contributed by atoms with Gasteiger partial charge in [0.1, 0.15) is 34.6 Å². The van der Waals surface area contributed by atoms with Crippen LogP contribution in [-0.2, 0) is 15.6 Å². The Balaban J connectivity index is 1.30. The molecule has 5 rings (SSSR count). The molecular formula is C34H25F9O3. The highest BCUT2D eigenvalue weighted by atomic mass is 19.3. The Kier molecular flexibility index (Phi) is 9.78. The maximum absolute atomic E-state index is 15.0. The van der Waals surface area contributed by atoms with Crippen LogP contribution in [0.15, 0.2) is 73.3 Å². The second-order valence-electron chi connectivity index (χ2n) is 10.7. The summed E-state index contributed by atoms with van der Waals surface area (Å²) in [6, 6.07) is 7.88. The first-order valence-electron chi connectivity index (χ1n) is 14.0. The molecule has 0 saturated carbocycles. The molecule has 0 spiro atoms. The summed E-state index contributed by atoms with van der Waals surface area (Å²) in [6.07, 6.45) is -1.50. The van der Waals surface area contributed by atoms with Crippen LogP contribution in [0.25, 0.3) is 22.3 Å². The van der Waals surface area contributed by atoms with Crippen LogP contribution in [0.5, 0.6) is 5.75 Å². The van der Waals surface area contributed by atoms with Gasteiger partial charge in [-0.15, -0.1) is 6.58 Å². The minimum absolute atomic E-state index is 0.0615. The molecule has 1 saturated heterocycles. The number of ether oxygens (including phenoxy) is 3. The van der Waals surface area contributed by atoms with Crippen molar-refractivity contribution in [1.82, 2.24) is 0 Å². The molecule has 46 heavy (non-hydrogen) atoms. The van der Waals surface area contributed by atoms with Crippen molar-refractivity contribution >= 4 is 0 Å². The molecule has 4 aromatic carbocycles. The number of hydrogen-bond donors (Lipinski definition) is 0. The average molecular weight is 653 g/mol. The fourth-order valence-electron chi connectivity index (χ4n) is 5.08. The van der Waals surface area contributed by atoms with Gasteiger partial charge in [0.15, 0.2) is 23.7 Å². The Hall–Kier alpha value is -4.29. The summed E-state index contributed by atoms with van der Waals surface area (Å²) in [4.78, 5) is 0. The molecule has 0 unspecified atom stereocenters. The largest absolute Gasteiger partial charge is 0.432 e. The van der Waals surface area contributed by atoms with Gasteiger partial charge in [0.2, 0.25) is 0 Å². The molecular weight excluding hydrogens is 627 g/mol. The molecule has 0 aliphatic carbocycles. The molecule has 1 heterocycles. The Morgan fingerprint density at radius 1 is 0.717 bits per heavy atom. The Morgan fingerprint density at radius 3 is 1.87 bits per heavy atom. The number of allylic oxidation sites excluding steroid dienone is 1. The van der Waals surface area contributed by atoms with E-state index in [4.69, 9.17) is 9.47 Å². The normalized spacial score (nSPS) is 16.8. The van der Waals surface area contributed by atoms with Crippen molar-refractivity contribution in [2.24, 2.45) is 5.92 Å². The van der Waals surface area contributed by atoms with Gasteiger partial charge in [-0.2, -0.15) is 8.78 Å². The molecule has 0 radical (unpaired) electrons. The van der Waals surface area contributed by atoms with Crippen LogP contribution in [0, 0.1) is 46.6 Å². The van der Waals surface area contributed by atoms with Crippen LogP contribution in [0.1, 0.15) is 36.7 Å². The van der Waals surface area contributed by atoms with Crippen molar-refractivity contribution in [2.45, 2.75) is 31.7 Å². The van der Waals surface area contributed by atoms with Crippen molar-refractivity contribution in [3.8, 4) is 28.0 Å². The van der Waals surface area contributed by atoms with Gasteiger partial charge in [-0.3, -0.25) is 0 Å². The highest BCUT2D eigenvalue weighted by molar-refractivity contribution is 5.72. The van der Waals surface area contributed by atoms with Crippen molar-refractivity contribution in [1.29, 1.82) is 0 Å². The van der Waals surface area contributed by atoms with Crippen LogP contribution < -0.4 is 4.74 Å². The third kappa shape index (κ3) is 7.07. The molecule has 12 heteroatoms. The SMILES string of the molecule is C=CCCCC1COC(c2cc(F)c(C(F)(F)Oc3ccc(-c4ccc(-c5cc(F)c(F)c(F)c5)c(F)c4)c(F)c3)c(F)c2)OC1. The zero-order valence-electron chi connectivity index (χ0n) is 23.9. The van der Waals surface area contributed by atoms with Crippen molar-refractivity contribution < 1.29 is 53.7 Å². The van der Waals surface area contributed by atoms with E-state index in [1.165, 1.54) is 6.07 Å². The maximum Gasteiger partial charge on any atom is 0.432 e. The second kappa shape index (κ2) is 13.6. The van der Waals surface area contributed by atoms with Crippen molar-refractivity contribution in [2.75, 3.05) is 13.2 Å². The number of halogens is 9. The smallest absolute Gasteiger partial charge is 0.429 e. The highest BCUT2D eigenvalue weighted by Gasteiger charge is 2.42. The van der Waals surface area contributed by atoms with E-state index >= 15 is 8.78 Å². The topological polar surface area (TPSA) is 27.7 Å². The second-order valence-corrected chi connectivity index (χ2v) is 10.7. The zero-order chi connectivity index (χ0) is 33.2. The lowest BCUT2D eigenvalue weighted by Crippen LogP contribution is -2.28. The Morgan fingerprint density at radius 2 is 1.28 bits per heavy atom. The third-order valence-electron chi connectivity index (χ3n) is 7.38. The summed E-state index contributed by atoms with van der Waals surface area (Å²) in [7, 11) is 0. The van der Waals surface area contributed by atoms with E-state index < -0.39 is 64.4 Å². The fourth-order valence-corrected chi connectivity index (χ4v) is 5.08. The van der Waals surface area contributed by atoms with Gasteiger partial charge in [-0.05, 0) is 72.9 Å². The molecule has 1 fully saturated rings. The molecule has 0 aromatic heterocycles. The minimum atomic E-state index is -4.58. The molecule has 4 aromatic rings. The number of unbranched alkanes of at least 4 members (excludes halogenated alkanes) is 1. The van der Waals surface area contributed by atoms with Gasteiger partial charge in [-0.1, -0.05) is 18.2 Å². The van der Waals surface area contributed by atoms with Crippen LogP contribution in [-0.4, -0.2) is 13.2 Å². The first kappa shape index (κ1) is 33.1. The van der Waals surface area contributed by atoms with Gasteiger partial charge in [0, 0.05) is 28.7 Å². The van der Waals surface area contributed by atoms with Gasteiger partial charge in [-0.25, -0.2) is 30.7 Å². The van der Waals surface area contributed by atoms with Crippen LogP contribution >= 0.6 is 0 Å². The molecule has 3 nitrogen and oxygen atoms in total. The van der Waals surface area contributed by atoms with E-state index in [9.17, 15) is 30.7 Å². The summed E-state index contributed by atoms with van der Waals surface area (Å²) < 4.78 is 146. The summed E-state index contributed by atoms with van der Waals surface area (Å²) >= 11 is 0. The molecule has 0 amide bonds. The predicted molar refractivity (Wildman–Crippen MR) is 150 cm³/mol. The Labute approximate surface area is 257 Å². The molecule has 242 valence electrons. The van der Waals surface area contributed by atoms with E-state index in [-0.39, 0.29) is 46.9 Å². The van der Waals surface area contributed by atoms with E-state index in [2.05, 4.69) is 11.3 Å². The first-order valence-corrected chi connectivity index (χ1v) is 14.0. The Bertz CT molecular complexity index is 1700. The number of alkyl halides is 2. The predicted octanol–water partition coefficient (Wildman–Crippen LogP) is 10.1. The first-order chi connectivity index (χ1) is 21.9. The van der Waals surface area contributed by atoms with Crippen molar-refractivity contribution in [3.05, 3.63) is 125 Å². The van der Waals surface area contributed by atoms with Crippen LogP contribution in [0.2, 0.25) is 0 Å². The maximum atomic E-state index is 15.0. The summed E-state index contributed by atoms with van der Waals surface area (Å²) in [5.74, 6) is -11.0. The van der Waals surface area contributed by atoms with Crippen LogP contribution in [0.4, 0.5) is 39.5 Å². The summed E-state index contributed by atoms with van der Waals surface area (Å²) in [5.41, 5.74) is -2.88. The standard InChI is InChI=1S/C34H25F9O3/c1-2-3-4-5-18-16-44-33(45-17-18)21-13-27(37)31(28(38)14-21)34(42,43)46-22-7-9-23(26(36)15-22)19-6-8-24(25(35)10-19)20-11-29(39)32(41)30(40)12-20/h2,6-15,18,33H,1,3-5,16-17H2. The molecule has 1 aliphatic rings. The van der Waals surface area contributed by atoms with E-state index in [0.717, 1.165) is 43.5 Å². The monoisotopic (exact) mass is 652 g/mol. The quantitative estimate of drug-likeness (QED) is 0.0739. The summed E-state index contributed by atoms with van der Waals surface area (Å²) in [6.45, 7) is 4.15. The lowest BCUT2D eigenvalue weighted by molar-refractivity contribution is -0.206. The average Bonchev–Trinajstić information content (AvgIpc) is 2.99. The number of benzene rings is 4. The molecule has 0 N–H and O–H groups in total. The zero-order valence-corrected chi connectivity index (χ0v) is 23.9. The molecule has 0 bridgehead atoms. The third-order valence-corrected chi connectivity index (χ3v) is 7.38. The molecule has 0 atom stereocenters. The lowest BCUT2D eigenvalue weighted by atomic mass is 9.99. The highest BCUT2D eigenvalue weighted by Crippen LogP contribution is 2.39. The van der Waals surface area contributed by atoms with Crippen LogP contribution in [0.3, 0.4) is 0 Å². The van der Waals surface area contributed by atoms with Gasteiger partial charge in [0.25, 0.3) is 0 Å². The van der Waals surface area contributed by atoms with E-state index in [1.807, 2.05) is 0 Å².